The van der Waals surface area contributed by atoms with Crippen molar-refractivity contribution in [3.05, 3.63) is 23.8 Å². The zero-order valence-corrected chi connectivity index (χ0v) is 11.4. The molecule has 0 heterocycles. The number of hydrogen-bond donors (Lipinski definition) is 2. The lowest BCUT2D eigenvalue weighted by Gasteiger charge is -2.20. The van der Waals surface area contributed by atoms with Gasteiger partial charge in [0, 0.05) is 18.3 Å². The van der Waals surface area contributed by atoms with Gasteiger partial charge in [0.15, 0.2) is 0 Å². The molecule has 1 amide bonds. The molecule has 1 atom stereocenters. The summed E-state index contributed by atoms with van der Waals surface area (Å²) in [6, 6.07) is 5.42. The number of carbonyl (C=O) groups excluding carboxylic acids is 1. The second kappa shape index (κ2) is 6.26. The fraction of sp³-hybridized carbons (Fsp3) is 0.462. The van der Waals surface area contributed by atoms with Crippen molar-refractivity contribution in [2.45, 2.75) is 13.0 Å². The van der Waals surface area contributed by atoms with Crippen LogP contribution >= 0.6 is 0 Å². The highest BCUT2D eigenvalue weighted by Gasteiger charge is 2.16. The standard InChI is InChI=1S/C13H21N3O2/c1-9(16(2)3)8-15-13(17)12-10(14)6-5-7-11(12)18-4/h5-7,9H,8,14H2,1-4H3,(H,15,17). The van der Waals surface area contributed by atoms with Crippen LogP contribution in [0.5, 0.6) is 5.75 Å². The van der Waals surface area contributed by atoms with Gasteiger partial charge in [-0.25, -0.2) is 0 Å². The molecule has 0 saturated heterocycles. The second-order valence-corrected chi connectivity index (χ2v) is 4.45. The quantitative estimate of drug-likeness (QED) is 0.765. The summed E-state index contributed by atoms with van der Waals surface area (Å²) in [5.74, 6) is 0.281. The zero-order chi connectivity index (χ0) is 13.7. The van der Waals surface area contributed by atoms with Gasteiger partial charge in [-0.15, -0.1) is 0 Å². The Hall–Kier alpha value is -1.75. The Kier molecular flexibility index (Phi) is 4.97. The van der Waals surface area contributed by atoms with Crippen LogP contribution in [-0.4, -0.2) is 44.6 Å². The van der Waals surface area contributed by atoms with Crippen LogP contribution in [-0.2, 0) is 0 Å². The van der Waals surface area contributed by atoms with Gasteiger partial charge in [0.05, 0.1) is 7.11 Å². The van der Waals surface area contributed by atoms with Crippen LogP contribution in [0.2, 0.25) is 0 Å². The molecule has 0 aliphatic heterocycles. The minimum atomic E-state index is -0.210. The fourth-order valence-corrected chi connectivity index (χ4v) is 1.47. The number of nitrogens with two attached hydrogens (primary N) is 1. The molecule has 0 aromatic heterocycles. The molecule has 1 aromatic rings. The molecule has 0 aliphatic carbocycles. The number of nitrogens with zero attached hydrogens (tertiary/aromatic N) is 1. The van der Waals surface area contributed by atoms with E-state index in [2.05, 4.69) is 5.32 Å². The third kappa shape index (κ3) is 3.37. The summed E-state index contributed by atoms with van der Waals surface area (Å²) in [5.41, 5.74) is 6.63. The Balaban J connectivity index is 2.78. The van der Waals surface area contributed by atoms with Gasteiger partial charge in [-0.2, -0.15) is 0 Å². The Labute approximate surface area is 108 Å². The van der Waals surface area contributed by atoms with E-state index in [-0.39, 0.29) is 11.9 Å². The first-order valence-electron chi connectivity index (χ1n) is 5.84. The molecule has 0 aliphatic rings. The van der Waals surface area contributed by atoms with Crippen LogP contribution in [0.15, 0.2) is 18.2 Å². The largest absolute Gasteiger partial charge is 0.496 e. The van der Waals surface area contributed by atoms with Gasteiger partial charge in [0.25, 0.3) is 5.91 Å². The highest BCUT2D eigenvalue weighted by Crippen LogP contribution is 2.23. The summed E-state index contributed by atoms with van der Waals surface area (Å²) >= 11 is 0. The molecule has 1 rings (SSSR count). The number of nitrogen functional groups attached to an aromatic ring is 1. The maximum Gasteiger partial charge on any atom is 0.257 e. The van der Waals surface area contributed by atoms with Crippen LogP contribution in [0, 0.1) is 0 Å². The molecule has 0 spiro atoms. The molecule has 18 heavy (non-hydrogen) atoms. The molecule has 1 unspecified atom stereocenters. The lowest BCUT2D eigenvalue weighted by molar-refractivity contribution is 0.0941. The molecule has 5 nitrogen and oxygen atoms in total. The monoisotopic (exact) mass is 251 g/mol. The molecule has 0 fully saturated rings. The molecule has 0 saturated carbocycles. The van der Waals surface area contributed by atoms with E-state index in [0.717, 1.165) is 0 Å². The van der Waals surface area contributed by atoms with Crippen LogP contribution in [0.3, 0.4) is 0 Å². The van der Waals surface area contributed by atoms with E-state index < -0.39 is 0 Å². The van der Waals surface area contributed by atoms with Gasteiger partial charge >= 0.3 is 0 Å². The lowest BCUT2D eigenvalue weighted by atomic mass is 10.1. The fourth-order valence-electron chi connectivity index (χ4n) is 1.47. The Bertz CT molecular complexity index is 419. The van der Waals surface area contributed by atoms with Gasteiger partial charge < -0.3 is 20.7 Å². The number of anilines is 1. The summed E-state index contributed by atoms with van der Waals surface area (Å²) in [5, 5.41) is 2.86. The third-order valence-electron chi connectivity index (χ3n) is 2.95. The predicted molar refractivity (Wildman–Crippen MR) is 72.9 cm³/mol. The lowest BCUT2D eigenvalue weighted by Crippen LogP contribution is -2.38. The number of likely N-dealkylation sites (N-methyl/N-ethyl adjacent to an activating group) is 1. The maximum absolute atomic E-state index is 12.1. The van der Waals surface area contributed by atoms with Crippen molar-refractivity contribution in [1.82, 2.24) is 10.2 Å². The molecule has 1 aromatic carbocycles. The molecule has 0 bridgehead atoms. The van der Waals surface area contributed by atoms with Crippen LogP contribution < -0.4 is 15.8 Å². The minimum Gasteiger partial charge on any atom is -0.496 e. The molecule has 100 valence electrons. The van der Waals surface area contributed by atoms with Crippen molar-refractivity contribution in [2.24, 2.45) is 0 Å². The van der Waals surface area contributed by atoms with Crippen molar-refractivity contribution < 1.29 is 9.53 Å². The number of carbonyl (C=O) groups is 1. The van der Waals surface area contributed by atoms with E-state index in [1.807, 2.05) is 25.9 Å². The number of hydrogen-bond acceptors (Lipinski definition) is 4. The average molecular weight is 251 g/mol. The normalized spacial score (nSPS) is 12.3. The van der Waals surface area contributed by atoms with Gasteiger partial charge in [-0.05, 0) is 33.2 Å². The number of nitrogens with one attached hydrogen (secondary N) is 1. The number of rotatable bonds is 5. The van der Waals surface area contributed by atoms with Gasteiger partial charge in [0.1, 0.15) is 11.3 Å². The van der Waals surface area contributed by atoms with E-state index in [9.17, 15) is 4.79 Å². The molecular weight excluding hydrogens is 230 g/mol. The first-order valence-corrected chi connectivity index (χ1v) is 5.84. The van der Waals surface area contributed by atoms with Gasteiger partial charge in [-0.3, -0.25) is 4.79 Å². The van der Waals surface area contributed by atoms with Gasteiger partial charge in [-0.1, -0.05) is 6.07 Å². The number of benzene rings is 1. The first-order chi connectivity index (χ1) is 8.47. The summed E-state index contributed by atoms with van der Waals surface area (Å²) in [4.78, 5) is 14.1. The van der Waals surface area contributed by atoms with Crippen molar-refractivity contribution in [1.29, 1.82) is 0 Å². The van der Waals surface area contributed by atoms with Crippen molar-refractivity contribution in [3.63, 3.8) is 0 Å². The summed E-state index contributed by atoms with van der Waals surface area (Å²) in [6.45, 7) is 2.59. The number of amides is 1. The molecule has 5 heteroatoms. The number of ether oxygens (including phenoxy) is 1. The SMILES string of the molecule is COc1cccc(N)c1C(=O)NCC(C)N(C)C. The minimum absolute atomic E-state index is 0.210. The van der Waals surface area contributed by atoms with E-state index in [4.69, 9.17) is 10.5 Å². The summed E-state index contributed by atoms with van der Waals surface area (Å²) < 4.78 is 5.15. The highest BCUT2D eigenvalue weighted by molar-refractivity contribution is 6.01. The van der Waals surface area contributed by atoms with Crippen molar-refractivity contribution in [2.75, 3.05) is 33.5 Å². The predicted octanol–water partition coefficient (Wildman–Crippen LogP) is 0.957. The molecule has 3 N–H and O–H groups in total. The maximum atomic E-state index is 12.1. The van der Waals surface area contributed by atoms with Crippen molar-refractivity contribution >= 4 is 11.6 Å². The smallest absolute Gasteiger partial charge is 0.257 e. The van der Waals surface area contributed by atoms with E-state index >= 15 is 0 Å². The second-order valence-electron chi connectivity index (χ2n) is 4.45. The zero-order valence-electron chi connectivity index (χ0n) is 11.4. The topological polar surface area (TPSA) is 67.6 Å². The Morgan fingerprint density at radius 3 is 2.72 bits per heavy atom. The van der Waals surface area contributed by atoms with Crippen molar-refractivity contribution in [3.8, 4) is 5.75 Å². The van der Waals surface area contributed by atoms with Crippen LogP contribution in [0.25, 0.3) is 0 Å². The average Bonchev–Trinajstić information content (AvgIpc) is 2.34. The molecule has 0 radical (unpaired) electrons. The van der Waals surface area contributed by atoms with Crippen LogP contribution in [0.4, 0.5) is 5.69 Å². The highest BCUT2D eigenvalue weighted by atomic mass is 16.5. The summed E-state index contributed by atoms with van der Waals surface area (Å²) in [6.07, 6.45) is 0. The molecular formula is C13H21N3O2. The van der Waals surface area contributed by atoms with Crippen LogP contribution in [0.1, 0.15) is 17.3 Å². The van der Waals surface area contributed by atoms with Gasteiger partial charge in [0.2, 0.25) is 0 Å². The Morgan fingerprint density at radius 2 is 2.17 bits per heavy atom. The first kappa shape index (κ1) is 14.3. The van der Waals surface area contributed by atoms with E-state index in [1.165, 1.54) is 7.11 Å². The summed E-state index contributed by atoms with van der Waals surface area (Å²) in [7, 11) is 5.45. The number of methoxy groups -OCH3 is 1. The van der Waals surface area contributed by atoms with E-state index in [1.54, 1.807) is 18.2 Å². The van der Waals surface area contributed by atoms with E-state index in [0.29, 0.717) is 23.5 Å². The third-order valence-corrected chi connectivity index (χ3v) is 2.95. The Morgan fingerprint density at radius 1 is 1.50 bits per heavy atom.